The number of carboxylic acid groups (broad SMARTS) is 1. The molecule has 3 N–H and O–H groups in total. The number of fused-ring (bicyclic) bond motifs is 2. The van der Waals surface area contributed by atoms with Crippen LogP contribution in [0.4, 0.5) is 0 Å². The van der Waals surface area contributed by atoms with E-state index in [1.165, 1.54) is 22.3 Å². The molecular weight excluding hydrogens is 546 g/mol. The summed E-state index contributed by atoms with van der Waals surface area (Å²) in [7, 11) is -2.42. The van der Waals surface area contributed by atoms with Crippen LogP contribution in [-0.2, 0) is 11.2 Å². The predicted octanol–water partition coefficient (Wildman–Crippen LogP) is 7.39. The van der Waals surface area contributed by atoms with Gasteiger partial charge in [0, 0.05) is 53.2 Å². The minimum absolute atomic E-state index is 0.00120. The number of nitrogens with zero attached hydrogens (tertiary/aromatic N) is 1. The van der Waals surface area contributed by atoms with Crippen LogP contribution in [0.15, 0.2) is 47.5 Å². The molecule has 0 radical (unpaired) electrons. The minimum Gasteiger partial charge on any atom is -0.490 e. The van der Waals surface area contributed by atoms with E-state index < -0.39 is 16.6 Å². The molecule has 1 saturated heterocycles. The monoisotopic (exact) mass is 581 g/mol. The summed E-state index contributed by atoms with van der Waals surface area (Å²) in [4.78, 5) is 16.8. The highest BCUT2D eigenvalue weighted by atomic mass is 32.3. The molecule has 3 aliphatic rings. The average Bonchev–Trinajstić information content (AvgIpc) is 3.49. The van der Waals surface area contributed by atoms with Crippen molar-refractivity contribution in [2.45, 2.75) is 69.0 Å². The molecule has 0 bridgehead atoms. The quantitative estimate of drug-likeness (QED) is 0.265. The number of aryl methyl sites for hydroxylation is 2. The molecular formula is C31H35NO6S2. The van der Waals surface area contributed by atoms with Crippen molar-refractivity contribution in [2.24, 2.45) is 0 Å². The fourth-order valence-corrected chi connectivity index (χ4v) is 9.05. The second-order valence-corrected chi connectivity index (χ2v) is 14.6. The number of carbonyl (C=O) groups is 1. The third-order valence-electron chi connectivity index (χ3n) is 8.26. The molecule has 7 nitrogen and oxygen atoms in total. The van der Waals surface area contributed by atoms with Gasteiger partial charge in [0.05, 0.1) is 6.42 Å². The van der Waals surface area contributed by atoms with Gasteiger partial charge in [0.15, 0.2) is 0 Å². The zero-order chi connectivity index (χ0) is 28.0. The van der Waals surface area contributed by atoms with Gasteiger partial charge in [0.25, 0.3) is 0 Å². The van der Waals surface area contributed by atoms with E-state index in [1.54, 1.807) is 18.0 Å². The SMILES string of the molecule is Cc1cc(OC2CCS(O)(O)CC2)cc(C)c1-c1cccc2c1CCC2Oc1cc2c(cn1)[C@H](CC(=O)O)CS2. The first-order chi connectivity index (χ1) is 19.2. The van der Waals surface area contributed by atoms with E-state index >= 15 is 0 Å². The predicted molar refractivity (Wildman–Crippen MR) is 159 cm³/mol. The van der Waals surface area contributed by atoms with Gasteiger partial charge in [-0.1, -0.05) is 18.2 Å². The molecule has 1 aromatic heterocycles. The molecule has 212 valence electrons. The van der Waals surface area contributed by atoms with Crippen LogP contribution in [0.2, 0.25) is 0 Å². The fraction of sp³-hybridized carbons (Fsp3) is 0.419. The van der Waals surface area contributed by atoms with Crippen molar-refractivity contribution in [2.75, 3.05) is 17.3 Å². The molecule has 9 heteroatoms. The maximum Gasteiger partial charge on any atom is 0.303 e. The van der Waals surface area contributed by atoms with Crippen molar-refractivity contribution >= 4 is 28.3 Å². The van der Waals surface area contributed by atoms with Crippen LogP contribution in [0.5, 0.6) is 11.6 Å². The highest BCUT2D eigenvalue weighted by Gasteiger charge is 2.30. The average molecular weight is 582 g/mol. The molecule has 2 aromatic carbocycles. The highest BCUT2D eigenvalue weighted by Crippen LogP contribution is 2.46. The van der Waals surface area contributed by atoms with Crippen LogP contribution in [-0.4, -0.2) is 48.5 Å². The summed E-state index contributed by atoms with van der Waals surface area (Å²) >= 11 is 1.68. The van der Waals surface area contributed by atoms with E-state index in [0.29, 0.717) is 30.2 Å². The Morgan fingerprint density at radius 2 is 1.80 bits per heavy atom. The van der Waals surface area contributed by atoms with E-state index in [0.717, 1.165) is 45.9 Å². The summed E-state index contributed by atoms with van der Waals surface area (Å²) in [6.07, 6.45) is 4.97. The lowest BCUT2D eigenvalue weighted by Crippen LogP contribution is -2.28. The molecule has 3 aromatic rings. The summed E-state index contributed by atoms with van der Waals surface area (Å²) < 4.78 is 32.5. The van der Waals surface area contributed by atoms with Gasteiger partial charge in [0.2, 0.25) is 5.88 Å². The summed E-state index contributed by atoms with van der Waals surface area (Å²) in [5, 5.41) is 9.20. The Bertz CT molecular complexity index is 1420. The van der Waals surface area contributed by atoms with Crippen molar-refractivity contribution in [1.29, 1.82) is 0 Å². The van der Waals surface area contributed by atoms with E-state index in [9.17, 15) is 19.0 Å². The van der Waals surface area contributed by atoms with Gasteiger partial charge in [0.1, 0.15) is 18.0 Å². The molecule has 3 heterocycles. The Balaban J connectivity index is 1.20. The lowest BCUT2D eigenvalue weighted by atomic mass is 9.90. The molecule has 1 aliphatic carbocycles. The molecule has 0 amide bonds. The Kier molecular flexibility index (Phi) is 7.50. The molecule has 2 aliphatic heterocycles. The Labute approximate surface area is 240 Å². The number of hydrogen-bond acceptors (Lipinski definition) is 7. The fourth-order valence-electron chi connectivity index (χ4n) is 6.32. The van der Waals surface area contributed by atoms with Gasteiger partial charge >= 0.3 is 5.97 Å². The number of hydrogen-bond donors (Lipinski definition) is 3. The smallest absolute Gasteiger partial charge is 0.303 e. The van der Waals surface area contributed by atoms with Crippen molar-refractivity contribution in [3.05, 3.63) is 70.4 Å². The third-order valence-corrected chi connectivity index (χ3v) is 11.3. The van der Waals surface area contributed by atoms with Crippen molar-refractivity contribution < 1.29 is 28.5 Å². The van der Waals surface area contributed by atoms with Crippen LogP contribution < -0.4 is 9.47 Å². The van der Waals surface area contributed by atoms with Gasteiger partial charge in [-0.15, -0.1) is 11.8 Å². The van der Waals surface area contributed by atoms with E-state index in [2.05, 4.69) is 49.2 Å². The van der Waals surface area contributed by atoms with Gasteiger partial charge in [-0.25, -0.2) is 4.98 Å². The molecule has 1 unspecified atom stereocenters. The second-order valence-electron chi connectivity index (χ2n) is 11.1. The topological polar surface area (TPSA) is 109 Å². The maximum absolute atomic E-state index is 11.2. The van der Waals surface area contributed by atoms with Crippen molar-refractivity contribution in [3.63, 3.8) is 0 Å². The first-order valence-corrected chi connectivity index (χ1v) is 16.7. The Morgan fingerprint density at radius 1 is 1.05 bits per heavy atom. The lowest BCUT2D eigenvalue weighted by molar-refractivity contribution is -0.137. The first-order valence-electron chi connectivity index (χ1n) is 13.8. The second kappa shape index (κ2) is 10.9. The number of aromatic nitrogens is 1. The van der Waals surface area contributed by atoms with Crippen LogP contribution in [0.3, 0.4) is 0 Å². The van der Waals surface area contributed by atoms with Crippen LogP contribution in [0.1, 0.15) is 65.5 Å². The molecule has 0 saturated carbocycles. The van der Waals surface area contributed by atoms with E-state index in [4.69, 9.17) is 9.47 Å². The number of rotatable bonds is 7. The Hall–Kier alpha value is -2.72. The summed E-state index contributed by atoms with van der Waals surface area (Å²) in [5.41, 5.74) is 8.26. The van der Waals surface area contributed by atoms with Gasteiger partial charge in [-0.3, -0.25) is 13.9 Å². The lowest BCUT2D eigenvalue weighted by Gasteiger charge is -2.39. The zero-order valence-corrected chi connectivity index (χ0v) is 24.4. The highest BCUT2D eigenvalue weighted by molar-refractivity contribution is 8.24. The molecule has 1 fully saturated rings. The van der Waals surface area contributed by atoms with Gasteiger partial charge in [-0.2, -0.15) is 10.6 Å². The molecule has 6 rings (SSSR count). The summed E-state index contributed by atoms with van der Waals surface area (Å²) in [6.45, 7) is 4.25. The third kappa shape index (κ3) is 5.57. The molecule has 40 heavy (non-hydrogen) atoms. The Morgan fingerprint density at radius 3 is 2.52 bits per heavy atom. The van der Waals surface area contributed by atoms with Gasteiger partial charge in [-0.05, 0) is 77.8 Å². The van der Waals surface area contributed by atoms with Crippen molar-refractivity contribution in [3.8, 4) is 22.8 Å². The number of carboxylic acids is 1. The number of ether oxygens (including phenoxy) is 2. The van der Waals surface area contributed by atoms with Crippen molar-refractivity contribution in [1.82, 2.24) is 4.98 Å². The maximum atomic E-state index is 11.2. The van der Waals surface area contributed by atoms with E-state index in [1.807, 2.05) is 6.07 Å². The normalized spacial score (nSPS) is 22.4. The zero-order valence-electron chi connectivity index (χ0n) is 22.8. The van der Waals surface area contributed by atoms with Crippen LogP contribution >= 0.6 is 22.4 Å². The standard InChI is InChI=1S/C31H35NO6S2/c1-18-12-22(37-21-8-10-40(35,36)11-9-21)13-19(2)31(18)25-5-3-4-24-23(25)6-7-27(24)38-29-15-28-26(16-32-29)20(17-39-28)14-30(33)34/h3-5,12-13,15-16,20-21,27,35-36H,6-11,14,17H2,1-2H3,(H,33,34)/t20-,27?/m1/s1. The number of thioether (sulfide) groups is 1. The summed E-state index contributed by atoms with van der Waals surface area (Å²) in [5.74, 6) is 2.23. The minimum atomic E-state index is -2.42. The molecule has 2 atom stereocenters. The summed E-state index contributed by atoms with van der Waals surface area (Å²) in [6, 6.07) is 12.6. The number of pyridine rings is 1. The van der Waals surface area contributed by atoms with Gasteiger partial charge < -0.3 is 14.6 Å². The number of benzene rings is 2. The largest absolute Gasteiger partial charge is 0.490 e. The molecule has 0 spiro atoms. The first kappa shape index (κ1) is 27.4. The van der Waals surface area contributed by atoms with Crippen LogP contribution in [0.25, 0.3) is 11.1 Å². The van der Waals surface area contributed by atoms with E-state index in [-0.39, 0.29) is 24.5 Å². The number of aliphatic carboxylic acids is 1. The van der Waals surface area contributed by atoms with Crippen LogP contribution in [0, 0.1) is 13.8 Å².